The lowest BCUT2D eigenvalue weighted by molar-refractivity contribution is -0.359. The van der Waals surface area contributed by atoms with Gasteiger partial charge in [-0.15, -0.1) is 0 Å². The molecule has 0 bridgehead atoms. The Balaban J connectivity index is 1.86. The van der Waals surface area contributed by atoms with E-state index in [9.17, 15) is 45.6 Å². The van der Waals surface area contributed by atoms with Gasteiger partial charge in [0.1, 0.15) is 48.8 Å². The van der Waals surface area contributed by atoms with Crippen LogP contribution >= 0.6 is 0 Å². The zero-order valence-corrected chi connectivity index (χ0v) is 38.0. The molecule has 2 aliphatic heterocycles. The SMILES string of the molecule is CC/C=C\C/C=C\C/C=C\C/C=C\CCCCCCCCC(=O)NC(COC1OC(CO)C(OC2OC(CO)C(O)C(O)C2O)C(O)C1O)C(O)/C=C/CC/C=C/CCCCCC. The predicted octanol–water partition coefficient (Wildman–Crippen LogP) is 5.26. The van der Waals surface area contributed by atoms with E-state index in [1.54, 1.807) is 6.08 Å². The Hall–Kier alpha value is -2.57. The molecule has 14 heteroatoms. The van der Waals surface area contributed by atoms with E-state index in [0.29, 0.717) is 12.8 Å². The van der Waals surface area contributed by atoms with Crippen molar-refractivity contribution < 1.29 is 64.6 Å². The summed E-state index contributed by atoms with van der Waals surface area (Å²) in [5, 5.41) is 86.4. The van der Waals surface area contributed by atoms with Gasteiger partial charge in [0.25, 0.3) is 0 Å². The molecule has 0 saturated carbocycles. The molecule has 2 aliphatic rings. The molecular formula is C49H83NO13. The minimum atomic E-state index is -1.79. The molecule has 1 amide bonds. The summed E-state index contributed by atoms with van der Waals surface area (Å²) in [7, 11) is 0. The topological polar surface area (TPSA) is 228 Å². The van der Waals surface area contributed by atoms with E-state index in [-0.39, 0.29) is 18.9 Å². The summed E-state index contributed by atoms with van der Waals surface area (Å²) in [4.78, 5) is 13.1. The number of carbonyl (C=O) groups excluding carboxylic acids is 1. The fourth-order valence-electron chi connectivity index (χ4n) is 7.24. The van der Waals surface area contributed by atoms with Gasteiger partial charge in [-0.1, -0.05) is 132 Å². The van der Waals surface area contributed by atoms with Crippen LogP contribution in [0.5, 0.6) is 0 Å². The van der Waals surface area contributed by atoms with Gasteiger partial charge in [-0.3, -0.25) is 4.79 Å². The summed E-state index contributed by atoms with van der Waals surface area (Å²) in [5.41, 5.74) is 0. The number of aliphatic hydroxyl groups is 8. The molecule has 2 heterocycles. The molecular weight excluding hydrogens is 811 g/mol. The Bertz CT molecular complexity index is 1330. The lowest BCUT2D eigenvalue weighted by Gasteiger charge is -2.46. The van der Waals surface area contributed by atoms with Crippen molar-refractivity contribution in [3.63, 3.8) is 0 Å². The van der Waals surface area contributed by atoms with E-state index >= 15 is 0 Å². The molecule has 63 heavy (non-hydrogen) atoms. The summed E-state index contributed by atoms with van der Waals surface area (Å²) in [5.74, 6) is -0.271. The molecule has 2 rings (SSSR count). The van der Waals surface area contributed by atoms with Crippen LogP contribution in [0.2, 0.25) is 0 Å². The number of aliphatic hydroxyl groups excluding tert-OH is 8. The first-order chi connectivity index (χ1) is 30.6. The van der Waals surface area contributed by atoms with Crippen molar-refractivity contribution in [2.45, 2.75) is 209 Å². The lowest BCUT2D eigenvalue weighted by atomic mass is 9.97. The van der Waals surface area contributed by atoms with Crippen molar-refractivity contribution in [2.24, 2.45) is 0 Å². The number of unbranched alkanes of at least 4 members (excludes halogenated alkanes) is 11. The number of allylic oxidation sites excluding steroid dienone is 11. The third kappa shape index (κ3) is 23.4. The molecule has 0 spiro atoms. The summed E-state index contributed by atoms with van der Waals surface area (Å²) >= 11 is 0. The van der Waals surface area contributed by atoms with E-state index in [1.807, 2.05) is 6.08 Å². The molecule has 12 unspecified atom stereocenters. The monoisotopic (exact) mass is 894 g/mol. The Morgan fingerprint density at radius 3 is 1.75 bits per heavy atom. The molecule has 14 nitrogen and oxygen atoms in total. The van der Waals surface area contributed by atoms with Crippen LogP contribution in [0.1, 0.15) is 136 Å². The molecule has 2 saturated heterocycles. The number of hydrogen-bond donors (Lipinski definition) is 9. The van der Waals surface area contributed by atoms with Crippen LogP contribution in [0.4, 0.5) is 0 Å². The molecule has 0 radical (unpaired) electrons. The van der Waals surface area contributed by atoms with Crippen LogP contribution in [0, 0.1) is 0 Å². The number of carbonyl (C=O) groups is 1. The first-order valence-corrected chi connectivity index (χ1v) is 23.7. The first-order valence-electron chi connectivity index (χ1n) is 23.7. The Kier molecular flexibility index (Phi) is 32.0. The number of ether oxygens (including phenoxy) is 4. The smallest absolute Gasteiger partial charge is 0.220 e. The van der Waals surface area contributed by atoms with Gasteiger partial charge in [0.15, 0.2) is 12.6 Å². The second kappa shape index (κ2) is 35.7. The fraction of sp³-hybridized carbons (Fsp3) is 0.735. The summed E-state index contributed by atoms with van der Waals surface area (Å²) < 4.78 is 22.6. The number of nitrogens with one attached hydrogen (secondary N) is 1. The molecule has 9 N–H and O–H groups in total. The summed E-state index contributed by atoms with van der Waals surface area (Å²) in [6.07, 6.45) is 26.7. The average molecular weight is 894 g/mol. The maximum Gasteiger partial charge on any atom is 0.220 e. The van der Waals surface area contributed by atoms with E-state index in [4.69, 9.17) is 18.9 Å². The van der Waals surface area contributed by atoms with Crippen LogP contribution in [-0.4, -0.2) is 140 Å². The van der Waals surface area contributed by atoms with Crippen LogP contribution in [0.15, 0.2) is 72.9 Å². The average Bonchev–Trinajstić information content (AvgIpc) is 3.28. The van der Waals surface area contributed by atoms with Gasteiger partial charge in [-0.25, -0.2) is 0 Å². The van der Waals surface area contributed by atoms with E-state index in [1.165, 1.54) is 19.3 Å². The molecule has 0 aromatic rings. The van der Waals surface area contributed by atoms with Crippen molar-refractivity contribution in [2.75, 3.05) is 19.8 Å². The summed E-state index contributed by atoms with van der Waals surface area (Å²) in [6, 6.07) is -0.940. The van der Waals surface area contributed by atoms with Crippen molar-refractivity contribution >= 4 is 5.91 Å². The molecule has 2 fully saturated rings. The van der Waals surface area contributed by atoms with Gasteiger partial charge in [-0.05, 0) is 70.6 Å². The van der Waals surface area contributed by atoms with Crippen LogP contribution < -0.4 is 5.32 Å². The zero-order chi connectivity index (χ0) is 46.1. The number of hydrogen-bond acceptors (Lipinski definition) is 13. The zero-order valence-electron chi connectivity index (χ0n) is 38.0. The maximum absolute atomic E-state index is 13.1. The van der Waals surface area contributed by atoms with Crippen molar-refractivity contribution in [3.05, 3.63) is 72.9 Å². The van der Waals surface area contributed by atoms with E-state index in [2.05, 4.69) is 79.9 Å². The molecule has 0 aliphatic carbocycles. The van der Waals surface area contributed by atoms with Crippen LogP contribution in [0.3, 0.4) is 0 Å². The highest BCUT2D eigenvalue weighted by Crippen LogP contribution is 2.30. The molecule has 362 valence electrons. The second-order valence-corrected chi connectivity index (χ2v) is 16.5. The third-order valence-electron chi connectivity index (χ3n) is 11.1. The van der Waals surface area contributed by atoms with Crippen molar-refractivity contribution in [3.8, 4) is 0 Å². The van der Waals surface area contributed by atoms with Gasteiger partial charge >= 0.3 is 0 Å². The lowest BCUT2D eigenvalue weighted by Crippen LogP contribution is -2.65. The Labute approximate surface area is 377 Å². The highest BCUT2D eigenvalue weighted by molar-refractivity contribution is 5.76. The molecule has 0 aromatic carbocycles. The second-order valence-electron chi connectivity index (χ2n) is 16.5. The molecule has 12 atom stereocenters. The minimum absolute atomic E-state index is 0.253. The van der Waals surface area contributed by atoms with Gasteiger partial charge in [0, 0.05) is 6.42 Å². The Morgan fingerprint density at radius 1 is 0.587 bits per heavy atom. The molecule has 0 aromatic heterocycles. The highest BCUT2D eigenvalue weighted by Gasteiger charge is 2.50. The number of amides is 1. The van der Waals surface area contributed by atoms with Gasteiger partial charge < -0.3 is 65.1 Å². The van der Waals surface area contributed by atoms with Crippen molar-refractivity contribution in [1.82, 2.24) is 5.32 Å². The fourth-order valence-corrected chi connectivity index (χ4v) is 7.24. The Morgan fingerprint density at radius 2 is 1.11 bits per heavy atom. The predicted molar refractivity (Wildman–Crippen MR) is 244 cm³/mol. The van der Waals surface area contributed by atoms with Gasteiger partial charge in [-0.2, -0.15) is 0 Å². The largest absolute Gasteiger partial charge is 0.394 e. The third-order valence-corrected chi connectivity index (χ3v) is 11.1. The van der Waals surface area contributed by atoms with Crippen molar-refractivity contribution in [1.29, 1.82) is 0 Å². The van der Waals surface area contributed by atoms with E-state index < -0.39 is 86.8 Å². The first kappa shape index (κ1) is 56.6. The highest BCUT2D eigenvalue weighted by atomic mass is 16.7. The van der Waals surface area contributed by atoms with Crippen LogP contribution in [-0.2, 0) is 23.7 Å². The normalized spacial score (nSPS) is 28.2. The van der Waals surface area contributed by atoms with Crippen LogP contribution in [0.25, 0.3) is 0 Å². The minimum Gasteiger partial charge on any atom is -0.394 e. The standard InChI is InChI=1S/C49H83NO13/c1-3-5-7-9-11-13-15-16-17-18-19-20-21-22-23-25-27-29-31-33-41(54)50-37(38(53)32-30-28-26-24-14-12-10-8-6-4-2)36-60-48-46(59)44(57)47(40(35-52)62-48)63-49-45(58)43(56)42(55)39(34-51)61-49/h5,7,11,13-14,16-17,19-20,24,30,32,37-40,42-49,51-53,55-59H,3-4,6,8-10,12,15,18,21-23,25-29,31,33-36H2,1-2H3,(H,50,54)/b7-5-,13-11-,17-16-,20-19-,24-14+,32-30+. The van der Waals surface area contributed by atoms with E-state index in [0.717, 1.165) is 83.5 Å². The summed E-state index contributed by atoms with van der Waals surface area (Å²) in [6.45, 7) is 2.57. The maximum atomic E-state index is 13.1. The number of rotatable bonds is 34. The quantitative estimate of drug-likeness (QED) is 0.0297. The van der Waals surface area contributed by atoms with Gasteiger partial charge in [0.2, 0.25) is 5.91 Å². The van der Waals surface area contributed by atoms with Gasteiger partial charge in [0.05, 0.1) is 32.0 Å².